The number of carboxylic acid groups (broad SMARTS) is 1. The normalized spacial score (nSPS) is 11.9. The van der Waals surface area contributed by atoms with E-state index in [2.05, 4.69) is 32.7 Å². The van der Waals surface area contributed by atoms with E-state index in [4.69, 9.17) is 4.74 Å². The number of benzene rings is 3. The highest BCUT2D eigenvalue weighted by Crippen LogP contribution is 2.36. The van der Waals surface area contributed by atoms with Crippen molar-refractivity contribution in [1.29, 1.82) is 0 Å². The van der Waals surface area contributed by atoms with E-state index < -0.39 is 35.1 Å². The number of halogens is 7. The molecule has 3 aromatic carbocycles. The molecule has 0 aliphatic heterocycles. The van der Waals surface area contributed by atoms with Crippen LogP contribution in [0.4, 0.5) is 26.3 Å². The molecule has 5 aromatic rings. The Labute approximate surface area is 260 Å². The number of pyridine rings is 1. The van der Waals surface area contributed by atoms with Crippen molar-refractivity contribution in [2.45, 2.75) is 25.9 Å². The zero-order valence-electron chi connectivity index (χ0n) is 22.5. The van der Waals surface area contributed by atoms with Gasteiger partial charge in [-0.3, -0.25) is 0 Å². The molecule has 0 spiro atoms. The van der Waals surface area contributed by atoms with Gasteiger partial charge in [0.1, 0.15) is 17.9 Å². The highest BCUT2D eigenvalue weighted by molar-refractivity contribution is 14.1. The van der Waals surface area contributed by atoms with Crippen molar-refractivity contribution in [3.05, 3.63) is 117 Å². The van der Waals surface area contributed by atoms with E-state index in [0.717, 1.165) is 32.4 Å². The Balaban J connectivity index is 1.42. The molecule has 44 heavy (non-hydrogen) atoms. The van der Waals surface area contributed by atoms with Crippen molar-refractivity contribution in [3.8, 4) is 34.0 Å². The Morgan fingerprint density at radius 2 is 1.61 bits per heavy atom. The summed E-state index contributed by atoms with van der Waals surface area (Å²) in [5, 5.41) is 12.9. The first kappa shape index (κ1) is 31.0. The van der Waals surface area contributed by atoms with Gasteiger partial charge >= 0.3 is 18.3 Å². The Kier molecular flexibility index (Phi) is 8.42. The Morgan fingerprint density at radius 3 is 2.25 bits per heavy atom. The quantitative estimate of drug-likeness (QED) is 0.134. The molecule has 5 rings (SSSR count). The standard InChI is InChI=1S/C31H20F6IN3O3/c1-17-13-19(18-7-9-21(10-8-18)30(32,33)34)5-6-20(17)16-44-26-12-11-22(38)14-23(26)25-3-2-4-27(40-25)41-28(31(35,36)37)24(15-39-41)29(42)43/h2-15H,16H2,1H3,(H,42,43). The highest BCUT2D eigenvalue weighted by Gasteiger charge is 2.41. The molecular formula is C31H20F6IN3O3. The Bertz CT molecular complexity index is 1850. The second kappa shape index (κ2) is 11.9. The maximum Gasteiger partial charge on any atom is 0.434 e. The third-order valence-electron chi connectivity index (χ3n) is 6.71. The number of ether oxygens (including phenoxy) is 1. The number of nitrogens with zero attached hydrogens (tertiary/aromatic N) is 3. The van der Waals surface area contributed by atoms with Crippen LogP contribution >= 0.6 is 22.6 Å². The number of hydrogen-bond donors (Lipinski definition) is 1. The van der Waals surface area contributed by atoms with E-state index in [9.17, 15) is 36.2 Å². The van der Waals surface area contributed by atoms with Gasteiger partial charge in [0, 0.05) is 9.13 Å². The molecule has 0 atom stereocenters. The number of aryl methyl sites for hydroxylation is 1. The summed E-state index contributed by atoms with van der Waals surface area (Å²) in [5.74, 6) is -1.61. The first-order valence-electron chi connectivity index (χ1n) is 12.8. The van der Waals surface area contributed by atoms with Crippen LogP contribution in [0.5, 0.6) is 5.75 Å². The summed E-state index contributed by atoms with van der Waals surface area (Å²) in [5.41, 5.74) is 0.572. The predicted octanol–water partition coefficient (Wildman–Crippen LogP) is 8.83. The molecule has 2 heterocycles. The smallest absolute Gasteiger partial charge is 0.434 e. The van der Waals surface area contributed by atoms with E-state index in [1.807, 2.05) is 19.1 Å². The fourth-order valence-electron chi connectivity index (χ4n) is 4.52. The Hall–Kier alpha value is -4.40. The van der Waals surface area contributed by atoms with Gasteiger partial charge in [-0.1, -0.05) is 36.4 Å². The van der Waals surface area contributed by atoms with Crippen molar-refractivity contribution in [3.63, 3.8) is 0 Å². The molecule has 0 fully saturated rings. The molecule has 226 valence electrons. The maximum atomic E-state index is 13.8. The number of hydrogen-bond acceptors (Lipinski definition) is 4. The fourth-order valence-corrected chi connectivity index (χ4v) is 5.01. The lowest BCUT2D eigenvalue weighted by Gasteiger charge is -2.15. The van der Waals surface area contributed by atoms with Crippen molar-refractivity contribution in [2.75, 3.05) is 0 Å². The number of aromatic carboxylic acids is 1. The summed E-state index contributed by atoms with van der Waals surface area (Å²) in [4.78, 5) is 15.8. The highest BCUT2D eigenvalue weighted by atomic mass is 127. The summed E-state index contributed by atoms with van der Waals surface area (Å²) in [6, 6.07) is 19.9. The fraction of sp³-hybridized carbons (Fsp3) is 0.129. The van der Waals surface area contributed by atoms with Crippen LogP contribution in [0, 0.1) is 10.5 Å². The monoisotopic (exact) mass is 723 g/mol. The summed E-state index contributed by atoms with van der Waals surface area (Å²) in [7, 11) is 0. The largest absolute Gasteiger partial charge is 0.488 e. The molecule has 1 N–H and O–H groups in total. The van der Waals surface area contributed by atoms with Crippen molar-refractivity contribution < 1.29 is 41.0 Å². The van der Waals surface area contributed by atoms with Gasteiger partial charge in [-0.15, -0.1) is 0 Å². The first-order chi connectivity index (χ1) is 20.7. The van der Waals surface area contributed by atoms with Crippen molar-refractivity contribution >= 4 is 28.6 Å². The zero-order valence-corrected chi connectivity index (χ0v) is 24.7. The second-order valence-corrected chi connectivity index (χ2v) is 10.9. The minimum Gasteiger partial charge on any atom is -0.488 e. The van der Waals surface area contributed by atoms with E-state index in [1.165, 1.54) is 24.3 Å². The van der Waals surface area contributed by atoms with Gasteiger partial charge in [0.15, 0.2) is 11.5 Å². The summed E-state index contributed by atoms with van der Waals surface area (Å²) < 4.78 is 87.5. The van der Waals surface area contributed by atoms with Crippen LogP contribution in [0.15, 0.2) is 85.1 Å². The molecule has 0 radical (unpaired) electrons. The second-order valence-electron chi connectivity index (χ2n) is 9.65. The number of aromatic nitrogens is 3. The molecule has 0 aliphatic carbocycles. The molecule has 0 aliphatic rings. The molecular weight excluding hydrogens is 703 g/mol. The molecule has 0 amide bonds. The first-order valence-corrected chi connectivity index (χ1v) is 13.9. The summed E-state index contributed by atoms with van der Waals surface area (Å²) >= 11 is 2.08. The van der Waals surface area contributed by atoms with E-state index in [-0.39, 0.29) is 18.1 Å². The maximum absolute atomic E-state index is 13.8. The third-order valence-corrected chi connectivity index (χ3v) is 7.38. The molecule has 2 aromatic heterocycles. The Morgan fingerprint density at radius 1 is 0.909 bits per heavy atom. The van der Waals surface area contributed by atoms with Crippen LogP contribution in [0.3, 0.4) is 0 Å². The van der Waals surface area contributed by atoms with Crippen LogP contribution in [0.1, 0.15) is 32.7 Å². The van der Waals surface area contributed by atoms with E-state index >= 15 is 0 Å². The van der Waals surface area contributed by atoms with Gasteiger partial charge in [-0.2, -0.15) is 31.4 Å². The predicted molar refractivity (Wildman–Crippen MR) is 157 cm³/mol. The van der Waals surface area contributed by atoms with E-state index in [0.29, 0.717) is 27.8 Å². The average Bonchev–Trinajstić information content (AvgIpc) is 3.44. The minimum absolute atomic E-state index is 0.117. The van der Waals surface area contributed by atoms with Crippen LogP contribution in [0.2, 0.25) is 0 Å². The summed E-state index contributed by atoms with van der Waals surface area (Å²) in [6.45, 7) is 1.96. The van der Waals surface area contributed by atoms with Crippen LogP contribution in [-0.4, -0.2) is 25.8 Å². The molecule has 13 heteroatoms. The van der Waals surface area contributed by atoms with Gasteiger partial charge in [0.25, 0.3) is 0 Å². The van der Waals surface area contributed by atoms with Gasteiger partial charge < -0.3 is 9.84 Å². The number of carbonyl (C=O) groups is 1. The average molecular weight is 723 g/mol. The van der Waals surface area contributed by atoms with Crippen molar-refractivity contribution in [1.82, 2.24) is 14.8 Å². The van der Waals surface area contributed by atoms with Crippen LogP contribution < -0.4 is 4.74 Å². The number of carboxylic acids is 1. The molecule has 0 bridgehead atoms. The van der Waals surface area contributed by atoms with Crippen molar-refractivity contribution in [2.24, 2.45) is 0 Å². The molecule has 0 saturated heterocycles. The molecule has 0 saturated carbocycles. The number of rotatable bonds is 7. The topological polar surface area (TPSA) is 77.2 Å². The van der Waals surface area contributed by atoms with Crippen LogP contribution in [0.25, 0.3) is 28.2 Å². The van der Waals surface area contributed by atoms with Gasteiger partial charge in [0.2, 0.25) is 0 Å². The molecule has 0 unspecified atom stereocenters. The lowest BCUT2D eigenvalue weighted by Crippen LogP contribution is -2.18. The SMILES string of the molecule is Cc1cc(-c2ccc(C(F)(F)F)cc2)ccc1COc1ccc(I)cc1-c1cccc(-n2ncc(C(=O)O)c2C(F)(F)F)n1. The summed E-state index contributed by atoms with van der Waals surface area (Å²) in [6.07, 6.45) is -8.79. The van der Waals surface area contributed by atoms with Gasteiger partial charge in [-0.05, 0) is 94.2 Å². The van der Waals surface area contributed by atoms with Gasteiger partial charge in [0.05, 0.1) is 17.5 Å². The lowest BCUT2D eigenvalue weighted by molar-refractivity contribution is -0.143. The van der Waals surface area contributed by atoms with Gasteiger partial charge in [-0.25, -0.2) is 14.5 Å². The lowest BCUT2D eigenvalue weighted by atomic mass is 9.99. The minimum atomic E-state index is -5.00. The molecule has 6 nitrogen and oxygen atoms in total. The van der Waals surface area contributed by atoms with Crippen LogP contribution in [-0.2, 0) is 19.0 Å². The zero-order chi connectivity index (χ0) is 31.8. The third kappa shape index (κ3) is 6.56. The number of alkyl halides is 6. The van der Waals surface area contributed by atoms with E-state index in [1.54, 1.807) is 30.3 Å².